The monoisotopic (exact) mass is 274 g/mol. The van der Waals surface area contributed by atoms with Crippen molar-refractivity contribution < 1.29 is 8.78 Å². The summed E-state index contributed by atoms with van der Waals surface area (Å²) in [6.07, 6.45) is 0. The summed E-state index contributed by atoms with van der Waals surface area (Å²) in [7, 11) is 0. The Kier molecular flexibility index (Phi) is 3.26. The standard InChI is InChI=1S/C11H6Cl2F2N2/c1-5-8(10(12)17-11(13)16-5)9-6(14)3-2-4-7(9)15/h2-4H,1H3. The minimum Gasteiger partial charge on any atom is -0.223 e. The quantitative estimate of drug-likeness (QED) is 0.580. The van der Waals surface area contributed by atoms with Gasteiger partial charge in [-0.05, 0) is 30.7 Å². The Morgan fingerprint density at radius 2 is 1.59 bits per heavy atom. The Morgan fingerprint density at radius 3 is 2.12 bits per heavy atom. The van der Waals surface area contributed by atoms with Gasteiger partial charge in [0.15, 0.2) is 0 Å². The highest BCUT2D eigenvalue weighted by Crippen LogP contribution is 2.33. The van der Waals surface area contributed by atoms with Gasteiger partial charge in [0.2, 0.25) is 5.28 Å². The molecule has 0 aliphatic heterocycles. The number of halogens is 4. The predicted octanol–water partition coefficient (Wildman–Crippen LogP) is 4.04. The maximum Gasteiger partial charge on any atom is 0.224 e. The molecule has 0 N–H and O–H groups in total. The lowest BCUT2D eigenvalue weighted by Gasteiger charge is -2.09. The van der Waals surface area contributed by atoms with Crippen LogP contribution in [-0.2, 0) is 0 Å². The highest BCUT2D eigenvalue weighted by atomic mass is 35.5. The molecule has 0 saturated heterocycles. The fraction of sp³-hybridized carbons (Fsp3) is 0.0909. The summed E-state index contributed by atoms with van der Waals surface area (Å²) in [5.41, 5.74) is 0.192. The van der Waals surface area contributed by atoms with E-state index in [0.717, 1.165) is 12.1 Å². The molecule has 0 spiro atoms. The number of aryl methyl sites for hydroxylation is 1. The maximum atomic E-state index is 13.6. The van der Waals surface area contributed by atoms with Gasteiger partial charge >= 0.3 is 0 Å². The molecular formula is C11H6Cl2F2N2. The van der Waals surface area contributed by atoms with Crippen LogP contribution in [0.3, 0.4) is 0 Å². The predicted molar refractivity (Wildman–Crippen MR) is 62.1 cm³/mol. The lowest BCUT2D eigenvalue weighted by Crippen LogP contribution is -1.98. The second-order valence-corrected chi connectivity index (χ2v) is 4.04. The van der Waals surface area contributed by atoms with Gasteiger partial charge in [-0.3, -0.25) is 0 Å². The third-order valence-corrected chi connectivity index (χ3v) is 2.67. The zero-order chi connectivity index (χ0) is 12.6. The van der Waals surface area contributed by atoms with Crippen molar-refractivity contribution in [2.24, 2.45) is 0 Å². The van der Waals surface area contributed by atoms with Crippen molar-refractivity contribution in [3.05, 3.63) is 46.0 Å². The van der Waals surface area contributed by atoms with Gasteiger partial charge in [-0.25, -0.2) is 18.7 Å². The number of aromatic nitrogens is 2. The summed E-state index contributed by atoms with van der Waals surface area (Å²) in [6, 6.07) is 3.56. The average Bonchev–Trinajstić information content (AvgIpc) is 2.21. The van der Waals surface area contributed by atoms with Crippen molar-refractivity contribution in [2.75, 3.05) is 0 Å². The Bertz CT molecular complexity index is 544. The number of rotatable bonds is 1. The highest BCUT2D eigenvalue weighted by molar-refractivity contribution is 6.33. The molecule has 0 atom stereocenters. The van der Waals surface area contributed by atoms with Gasteiger partial charge in [0.25, 0.3) is 0 Å². The molecule has 0 bridgehead atoms. The largest absolute Gasteiger partial charge is 0.224 e. The molecule has 2 rings (SSSR count). The van der Waals surface area contributed by atoms with Gasteiger partial charge in [0.1, 0.15) is 16.8 Å². The highest BCUT2D eigenvalue weighted by Gasteiger charge is 2.18. The molecule has 17 heavy (non-hydrogen) atoms. The second kappa shape index (κ2) is 4.55. The molecule has 0 amide bonds. The second-order valence-electron chi connectivity index (χ2n) is 3.34. The zero-order valence-corrected chi connectivity index (χ0v) is 10.2. The van der Waals surface area contributed by atoms with E-state index >= 15 is 0 Å². The van der Waals surface area contributed by atoms with E-state index in [1.807, 2.05) is 0 Å². The molecule has 0 fully saturated rings. The van der Waals surface area contributed by atoms with E-state index in [0.29, 0.717) is 5.69 Å². The molecule has 88 valence electrons. The molecule has 1 aromatic carbocycles. The number of hydrogen-bond acceptors (Lipinski definition) is 2. The van der Waals surface area contributed by atoms with Crippen LogP contribution in [0.5, 0.6) is 0 Å². The number of hydrogen-bond donors (Lipinski definition) is 0. The number of nitrogens with zero attached hydrogens (tertiary/aromatic N) is 2. The van der Waals surface area contributed by atoms with Crippen molar-refractivity contribution in [3.63, 3.8) is 0 Å². The Balaban J connectivity index is 2.77. The summed E-state index contributed by atoms with van der Waals surface area (Å²) in [5, 5.41) is -0.139. The van der Waals surface area contributed by atoms with Crippen molar-refractivity contribution in [1.29, 1.82) is 0 Å². The lowest BCUT2D eigenvalue weighted by molar-refractivity contribution is 0.589. The van der Waals surface area contributed by atoms with E-state index in [9.17, 15) is 8.78 Å². The van der Waals surface area contributed by atoms with Gasteiger partial charge in [-0.2, -0.15) is 0 Å². The van der Waals surface area contributed by atoms with E-state index in [1.165, 1.54) is 6.07 Å². The van der Waals surface area contributed by atoms with Crippen LogP contribution in [0.15, 0.2) is 18.2 Å². The SMILES string of the molecule is Cc1nc(Cl)nc(Cl)c1-c1c(F)cccc1F. The Labute approximate surface area is 106 Å². The topological polar surface area (TPSA) is 25.8 Å². The van der Waals surface area contributed by atoms with Crippen LogP contribution in [0.2, 0.25) is 10.4 Å². The van der Waals surface area contributed by atoms with Gasteiger partial charge in [0, 0.05) is 5.56 Å². The summed E-state index contributed by atoms with van der Waals surface area (Å²) >= 11 is 11.4. The lowest BCUT2D eigenvalue weighted by atomic mass is 10.0. The molecule has 6 heteroatoms. The van der Waals surface area contributed by atoms with E-state index < -0.39 is 11.6 Å². The molecule has 2 aromatic rings. The van der Waals surface area contributed by atoms with Crippen LogP contribution in [-0.4, -0.2) is 9.97 Å². The summed E-state index contributed by atoms with van der Waals surface area (Å²) < 4.78 is 27.2. The average molecular weight is 275 g/mol. The first-order chi connectivity index (χ1) is 8.00. The molecule has 1 aromatic heterocycles. The molecule has 0 saturated carbocycles. The van der Waals surface area contributed by atoms with E-state index in [1.54, 1.807) is 6.92 Å². The van der Waals surface area contributed by atoms with E-state index in [4.69, 9.17) is 23.2 Å². The Morgan fingerprint density at radius 1 is 1.00 bits per heavy atom. The first kappa shape index (κ1) is 12.2. The van der Waals surface area contributed by atoms with Gasteiger partial charge in [0.05, 0.1) is 11.3 Å². The van der Waals surface area contributed by atoms with Crippen LogP contribution in [0, 0.1) is 18.6 Å². The first-order valence-electron chi connectivity index (χ1n) is 4.64. The van der Waals surface area contributed by atoms with Crippen LogP contribution < -0.4 is 0 Å². The van der Waals surface area contributed by atoms with Crippen LogP contribution in [0.25, 0.3) is 11.1 Å². The van der Waals surface area contributed by atoms with E-state index in [2.05, 4.69) is 9.97 Å². The van der Waals surface area contributed by atoms with Crippen LogP contribution >= 0.6 is 23.2 Å². The molecule has 0 aliphatic carbocycles. The fourth-order valence-electron chi connectivity index (χ4n) is 1.53. The van der Waals surface area contributed by atoms with Crippen molar-refractivity contribution >= 4 is 23.2 Å². The summed E-state index contributed by atoms with van der Waals surface area (Å²) in [5.74, 6) is -1.44. The van der Waals surface area contributed by atoms with Crippen LogP contribution in [0.4, 0.5) is 8.78 Å². The fourth-order valence-corrected chi connectivity index (χ4v) is 2.09. The van der Waals surface area contributed by atoms with Gasteiger partial charge in [-0.15, -0.1) is 0 Å². The van der Waals surface area contributed by atoms with Gasteiger partial charge < -0.3 is 0 Å². The minimum atomic E-state index is -0.721. The smallest absolute Gasteiger partial charge is 0.223 e. The van der Waals surface area contributed by atoms with Crippen LogP contribution in [0.1, 0.15) is 5.69 Å². The molecule has 0 unspecified atom stereocenters. The maximum absolute atomic E-state index is 13.6. The molecule has 0 aliphatic rings. The van der Waals surface area contributed by atoms with E-state index in [-0.39, 0.29) is 21.6 Å². The number of benzene rings is 1. The molecule has 0 radical (unpaired) electrons. The molecule has 1 heterocycles. The third kappa shape index (κ3) is 2.23. The third-order valence-electron chi connectivity index (χ3n) is 2.23. The normalized spacial score (nSPS) is 10.6. The summed E-state index contributed by atoms with van der Waals surface area (Å²) in [4.78, 5) is 7.51. The Hall–Kier alpha value is -1.26. The first-order valence-corrected chi connectivity index (χ1v) is 5.40. The van der Waals surface area contributed by atoms with Gasteiger partial charge in [-0.1, -0.05) is 17.7 Å². The van der Waals surface area contributed by atoms with Crippen molar-refractivity contribution in [3.8, 4) is 11.1 Å². The van der Waals surface area contributed by atoms with Crippen molar-refractivity contribution in [1.82, 2.24) is 9.97 Å². The molecule has 2 nitrogen and oxygen atoms in total. The minimum absolute atomic E-state index is 0.0620. The zero-order valence-electron chi connectivity index (χ0n) is 8.64. The summed E-state index contributed by atoms with van der Waals surface area (Å²) in [6.45, 7) is 1.56. The molecular weight excluding hydrogens is 269 g/mol. The van der Waals surface area contributed by atoms with Crippen molar-refractivity contribution in [2.45, 2.75) is 6.92 Å².